The summed E-state index contributed by atoms with van der Waals surface area (Å²) in [6, 6.07) is 16.2. The zero-order chi connectivity index (χ0) is 21.8. The number of nitrogens with zero attached hydrogens (tertiary/aromatic N) is 4. The van der Waals surface area contributed by atoms with Gasteiger partial charge in [0, 0.05) is 43.0 Å². The first-order chi connectivity index (χ1) is 15.0. The molecule has 0 bridgehead atoms. The summed E-state index contributed by atoms with van der Waals surface area (Å²) in [4.78, 5) is 4.56. The third-order valence-electron chi connectivity index (χ3n) is 5.73. The van der Waals surface area contributed by atoms with E-state index in [1.807, 2.05) is 36.8 Å². The minimum Gasteiger partial charge on any atom is -0.334 e. The molecule has 0 unspecified atom stereocenters. The predicted octanol–water partition coefficient (Wildman–Crippen LogP) is 4.52. The number of hydrogen-bond donors (Lipinski definition) is 0. The minimum atomic E-state index is -3.52. The van der Waals surface area contributed by atoms with Crippen molar-refractivity contribution in [3.8, 4) is 6.07 Å². The second kappa shape index (κ2) is 10.5. The monoisotopic (exact) mass is 490 g/mol. The lowest BCUT2D eigenvalue weighted by atomic mass is 9.98. The van der Waals surface area contributed by atoms with Crippen LogP contribution in [0.4, 0.5) is 0 Å². The smallest absolute Gasteiger partial charge is 0.243 e. The van der Waals surface area contributed by atoms with Crippen LogP contribution < -0.4 is 0 Å². The molecular formula is C23H24Cl2N4O2S. The highest BCUT2D eigenvalue weighted by Crippen LogP contribution is 2.26. The number of imidazole rings is 1. The standard InChI is InChI=1S/C23H23ClN4O2S.ClH/c24-21-2-1-3-23(13-21)31(29,30)28-10-8-20(9-11-28)16-27-17-26-15-22(27)12-18-4-6-19(14-25)7-5-18;/h1-7,13,15,17,20H,8-12,16H2;1H. The zero-order valence-corrected chi connectivity index (χ0v) is 19.8. The molecule has 0 spiro atoms. The van der Waals surface area contributed by atoms with E-state index < -0.39 is 10.0 Å². The van der Waals surface area contributed by atoms with Crippen LogP contribution in [0.2, 0.25) is 5.02 Å². The molecule has 0 N–H and O–H groups in total. The van der Waals surface area contributed by atoms with E-state index in [1.54, 1.807) is 22.5 Å². The van der Waals surface area contributed by atoms with Gasteiger partial charge < -0.3 is 4.57 Å². The Balaban J connectivity index is 0.00000289. The van der Waals surface area contributed by atoms with Crippen LogP contribution in [0, 0.1) is 17.2 Å². The number of aromatic nitrogens is 2. The Hall–Kier alpha value is -2.37. The molecule has 6 nitrogen and oxygen atoms in total. The van der Waals surface area contributed by atoms with Gasteiger partial charge in [0.05, 0.1) is 22.9 Å². The SMILES string of the molecule is Cl.N#Cc1ccc(Cc2cncn2CC2CCN(S(=O)(=O)c3cccc(Cl)c3)CC2)cc1. The van der Waals surface area contributed by atoms with Gasteiger partial charge >= 0.3 is 0 Å². The number of benzene rings is 2. The summed E-state index contributed by atoms with van der Waals surface area (Å²) in [5.41, 5.74) is 2.89. The lowest BCUT2D eigenvalue weighted by molar-refractivity contribution is 0.252. The van der Waals surface area contributed by atoms with Crippen LogP contribution in [-0.4, -0.2) is 35.4 Å². The Morgan fingerprint density at radius 1 is 1.12 bits per heavy atom. The summed E-state index contributed by atoms with van der Waals surface area (Å²) < 4.78 is 29.5. The molecule has 0 amide bonds. The number of rotatable bonds is 6. The van der Waals surface area contributed by atoms with Crippen molar-refractivity contribution in [1.29, 1.82) is 5.26 Å². The fourth-order valence-electron chi connectivity index (χ4n) is 3.95. The first-order valence-corrected chi connectivity index (χ1v) is 12.0. The maximum absolute atomic E-state index is 12.9. The van der Waals surface area contributed by atoms with E-state index in [0.29, 0.717) is 29.6 Å². The topological polar surface area (TPSA) is 79.0 Å². The Morgan fingerprint density at radius 3 is 2.50 bits per heavy atom. The Labute approximate surface area is 199 Å². The highest BCUT2D eigenvalue weighted by atomic mass is 35.5. The molecule has 1 aliphatic rings. The third-order valence-corrected chi connectivity index (χ3v) is 7.86. The van der Waals surface area contributed by atoms with E-state index in [4.69, 9.17) is 16.9 Å². The molecule has 1 aromatic heterocycles. The zero-order valence-electron chi connectivity index (χ0n) is 17.4. The summed E-state index contributed by atoms with van der Waals surface area (Å²) in [6.07, 6.45) is 6.06. The molecule has 3 aromatic rings. The van der Waals surface area contributed by atoms with Gasteiger partial charge in [-0.2, -0.15) is 9.57 Å². The Kier molecular flexibility index (Phi) is 7.96. The lowest BCUT2D eigenvalue weighted by Gasteiger charge is -2.31. The van der Waals surface area contributed by atoms with Crippen LogP contribution in [0.25, 0.3) is 0 Å². The Bertz CT molecular complexity index is 1200. The van der Waals surface area contributed by atoms with Crippen molar-refractivity contribution < 1.29 is 8.42 Å². The van der Waals surface area contributed by atoms with Crippen molar-refractivity contribution in [2.75, 3.05) is 13.1 Å². The van der Waals surface area contributed by atoms with Crippen molar-refractivity contribution in [1.82, 2.24) is 13.9 Å². The van der Waals surface area contributed by atoms with Crippen LogP contribution in [0.1, 0.15) is 29.7 Å². The lowest BCUT2D eigenvalue weighted by Crippen LogP contribution is -2.39. The predicted molar refractivity (Wildman–Crippen MR) is 126 cm³/mol. The van der Waals surface area contributed by atoms with Crippen LogP contribution in [0.5, 0.6) is 0 Å². The number of sulfonamides is 1. The van der Waals surface area contributed by atoms with Crippen molar-refractivity contribution in [3.63, 3.8) is 0 Å². The van der Waals surface area contributed by atoms with Gasteiger partial charge in [-0.25, -0.2) is 13.4 Å². The van der Waals surface area contributed by atoms with Gasteiger partial charge in [0.15, 0.2) is 0 Å². The van der Waals surface area contributed by atoms with E-state index in [2.05, 4.69) is 15.6 Å². The number of halogens is 2. The van der Waals surface area contributed by atoms with Crippen molar-refractivity contribution in [2.24, 2.45) is 5.92 Å². The molecular weight excluding hydrogens is 467 g/mol. The van der Waals surface area contributed by atoms with Crippen molar-refractivity contribution in [3.05, 3.63) is 82.9 Å². The summed E-state index contributed by atoms with van der Waals surface area (Å²) >= 11 is 5.97. The van der Waals surface area contributed by atoms with Gasteiger partial charge in [0.2, 0.25) is 10.0 Å². The fraction of sp³-hybridized carbons (Fsp3) is 0.304. The average Bonchev–Trinajstić information content (AvgIpc) is 3.21. The fourth-order valence-corrected chi connectivity index (χ4v) is 5.72. The first kappa shape index (κ1) is 24.3. The maximum atomic E-state index is 12.9. The summed E-state index contributed by atoms with van der Waals surface area (Å²) in [5, 5.41) is 9.37. The van der Waals surface area contributed by atoms with Gasteiger partial charge in [-0.3, -0.25) is 0 Å². The third kappa shape index (κ3) is 5.51. The highest BCUT2D eigenvalue weighted by molar-refractivity contribution is 7.89. The average molecular weight is 491 g/mol. The molecule has 0 radical (unpaired) electrons. The Morgan fingerprint density at radius 2 is 1.84 bits per heavy atom. The normalized spacial score (nSPS) is 15.1. The van der Waals surface area contributed by atoms with Crippen molar-refractivity contribution >= 4 is 34.0 Å². The van der Waals surface area contributed by atoms with E-state index >= 15 is 0 Å². The van der Waals surface area contributed by atoms with Crippen LogP contribution in [-0.2, 0) is 23.0 Å². The van der Waals surface area contributed by atoms with Gasteiger partial charge in [-0.05, 0) is 54.7 Å². The molecule has 0 aliphatic carbocycles. The molecule has 1 fully saturated rings. The minimum absolute atomic E-state index is 0. The van der Waals surface area contributed by atoms with Gasteiger partial charge in [0.25, 0.3) is 0 Å². The molecule has 2 aromatic carbocycles. The second-order valence-corrected chi connectivity index (χ2v) is 10.2. The molecule has 2 heterocycles. The van der Waals surface area contributed by atoms with Gasteiger partial charge in [0.1, 0.15) is 0 Å². The summed E-state index contributed by atoms with van der Waals surface area (Å²) in [6.45, 7) is 1.81. The second-order valence-electron chi connectivity index (χ2n) is 7.83. The van der Waals surface area contributed by atoms with E-state index in [1.165, 1.54) is 6.07 Å². The molecule has 1 aliphatic heterocycles. The maximum Gasteiger partial charge on any atom is 0.243 e. The molecule has 32 heavy (non-hydrogen) atoms. The molecule has 9 heteroatoms. The van der Waals surface area contributed by atoms with E-state index in [0.717, 1.165) is 37.1 Å². The number of nitriles is 1. The molecule has 1 saturated heterocycles. The molecule has 168 valence electrons. The van der Waals surface area contributed by atoms with E-state index in [-0.39, 0.29) is 17.3 Å². The van der Waals surface area contributed by atoms with Gasteiger partial charge in [-0.1, -0.05) is 29.8 Å². The van der Waals surface area contributed by atoms with E-state index in [9.17, 15) is 8.42 Å². The largest absolute Gasteiger partial charge is 0.334 e. The van der Waals surface area contributed by atoms with Crippen LogP contribution in [0.15, 0.2) is 66.0 Å². The van der Waals surface area contributed by atoms with Crippen molar-refractivity contribution in [2.45, 2.75) is 30.7 Å². The summed E-state index contributed by atoms with van der Waals surface area (Å²) in [5.74, 6) is 0.389. The number of hydrogen-bond acceptors (Lipinski definition) is 4. The molecule has 0 saturated carbocycles. The first-order valence-electron chi connectivity index (χ1n) is 10.2. The van der Waals surface area contributed by atoms with Crippen LogP contribution >= 0.6 is 24.0 Å². The molecule has 0 atom stereocenters. The number of piperidine rings is 1. The quantitative estimate of drug-likeness (QED) is 0.508. The van der Waals surface area contributed by atoms with Gasteiger partial charge in [-0.15, -0.1) is 12.4 Å². The van der Waals surface area contributed by atoms with Crippen LogP contribution in [0.3, 0.4) is 0 Å². The summed E-state index contributed by atoms with van der Waals surface area (Å²) in [7, 11) is -3.52. The molecule has 4 rings (SSSR count). The highest BCUT2D eigenvalue weighted by Gasteiger charge is 2.29.